The van der Waals surface area contributed by atoms with Crippen molar-refractivity contribution >= 4 is 42.4 Å². The van der Waals surface area contributed by atoms with Crippen LogP contribution in [0.2, 0.25) is 0 Å². The Bertz CT molecular complexity index is 1780. The van der Waals surface area contributed by atoms with E-state index in [4.69, 9.17) is 0 Å². The molecular formula is C30H20O3S. The van der Waals surface area contributed by atoms with Crippen LogP contribution >= 0.6 is 0 Å². The molecule has 0 heterocycles. The van der Waals surface area contributed by atoms with Crippen LogP contribution in [0.1, 0.15) is 0 Å². The second kappa shape index (κ2) is 7.80. The summed E-state index contributed by atoms with van der Waals surface area (Å²) in [5.41, 5.74) is 3.96. The van der Waals surface area contributed by atoms with Gasteiger partial charge in [0.1, 0.15) is 0 Å². The molecule has 0 spiro atoms. The van der Waals surface area contributed by atoms with Gasteiger partial charge in [-0.2, -0.15) is 8.42 Å². The van der Waals surface area contributed by atoms with Crippen LogP contribution in [-0.2, 0) is 10.1 Å². The Morgan fingerprint density at radius 2 is 0.971 bits per heavy atom. The van der Waals surface area contributed by atoms with Gasteiger partial charge in [-0.05, 0) is 72.8 Å². The van der Waals surface area contributed by atoms with Gasteiger partial charge in [0.05, 0.1) is 4.90 Å². The fraction of sp³-hybridized carbons (Fsp3) is 0. The standard InChI is InChI=1S/C30H20O3S/c31-34(32,33)24-11-7-10-22(19-24)29-25-12-3-5-14-27(25)30(28-15-6-4-13-26(28)29)23-17-16-20-8-1-2-9-21(20)18-23/h1-19H,(H,31,32,33). The molecule has 0 aliphatic rings. The van der Waals surface area contributed by atoms with Crippen LogP contribution in [0.3, 0.4) is 0 Å². The minimum absolute atomic E-state index is 0.114. The Morgan fingerprint density at radius 1 is 0.471 bits per heavy atom. The van der Waals surface area contributed by atoms with Crippen LogP contribution in [0.15, 0.2) is 120 Å². The van der Waals surface area contributed by atoms with Crippen molar-refractivity contribution in [2.75, 3.05) is 0 Å². The molecule has 6 aromatic rings. The van der Waals surface area contributed by atoms with Crippen molar-refractivity contribution in [1.82, 2.24) is 0 Å². The minimum atomic E-state index is -4.31. The summed E-state index contributed by atoms with van der Waals surface area (Å²) < 4.78 is 33.3. The van der Waals surface area contributed by atoms with Crippen LogP contribution in [0.4, 0.5) is 0 Å². The van der Waals surface area contributed by atoms with Crippen LogP contribution in [0.5, 0.6) is 0 Å². The van der Waals surface area contributed by atoms with E-state index < -0.39 is 10.1 Å². The van der Waals surface area contributed by atoms with Gasteiger partial charge in [0, 0.05) is 0 Å². The van der Waals surface area contributed by atoms with Crippen LogP contribution in [-0.4, -0.2) is 13.0 Å². The van der Waals surface area contributed by atoms with E-state index in [0.29, 0.717) is 0 Å². The maximum Gasteiger partial charge on any atom is 0.294 e. The van der Waals surface area contributed by atoms with Gasteiger partial charge in [-0.3, -0.25) is 4.55 Å². The van der Waals surface area contributed by atoms with Crippen molar-refractivity contribution in [3.8, 4) is 22.3 Å². The topological polar surface area (TPSA) is 54.4 Å². The predicted octanol–water partition coefficient (Wildman–Crippen LogP) is 7.73. The molecule has 0 bridgehead atoms. The zero-order valence-corrected chi connectivity index (χ0v) is 19.0. The molecule has 0 aromatic heterocycles. The van der Waals surface area contributed by atoms with Crippen LogP contribution < -0.4 is 0 Å². The van der Waals surface area contributed by atoms with E-state index in [1.165, 1.54) is 16.8 Å². The molecular weight excluding hydrogens is 440 g/mol. The first-order chi connectivity index (χ1) is 16.5. The molecule has 0 atom stereocenters. The first-order valence-corrected chi connectivity index (χ1v) is 12.5. The van der Waals surface area contributed by atoms with Crippen molar-refractivity contribution in [3.63, 3.8) is 0 Å². The molecule has 0 fully saturated rings. The highest BCUT2D eigenvalue weighted by Gasteiger charge is 2.18. The summed E-state index contributed by atoms with van der Waals surface area (Å²) in [6, 6.07) is 37.8. The van der Waals surface area contributed by atoms with Gasteiger partial charge in [0.2, 0.25) is 0 Å². The summed E-state index contributed by atoms with van der Waals surface area (Å²) in [4.78, 5) is -0.114. The Kier molecular flexibility index (Phi) is 4.73. The second-order valence-corrected chi connectivity index (χ2v) is 9.83. The summed E-state index contributed by atoms with van der Waals surface area (Å²) in [5, 5.41) is 6.60. The zero-order valence-electron chi connectivity index (χ0n) is 18.1. The summed E-state index contributed by atoms with van der Waals surface area (Å²) in [5.74, 6) is 0. The molecule has 0 aliphatic heterocycles. The number of rotatable bonds is 3. The molecule has 164 valence electrons. The van der Waals surface area contributed by atoms with Gasteiger partial charge < -0.3 is 0 Å². The SMILES string of the molecule is O=S(=O)(O)c1cccc(-c2c3ccccc3c(-c3ccc4ccccc4c3)c3ccccc23)c1. The van der Waals surface area contributed by atoms with Gasteiger partial charge in [0.15, 0.2) is 0 Å². The molecule has 6 aromatic carbocycles. The van der Waals surface area contributed by atoms with Crippen LogP contribution in [0.25, 0.3) is 54.6 Å². The van der Waals surface area contributed by atoms with Gasteiger partial charge in [-0.15, -0.1) is 0 Å². The molecule has 4 heteroatoms. The van der Waals surface area contributed by atoms with Crippen molar-refractivity contribution in [2.45, 2.75) is 4.90 Å². The minimum Gasteiger partial charge on any atom is -0.282 e. The molecule has 6 rings (SSSR count). The van der Waals surface area contributed by atoms with Gasteiger partial charge in [-0.25, -0.2) is 0 Å². The van der Waals surface area contributed by atoms with Crippen molar-refractivity contribution in [2.24, 2.45) is 0 Å². The van der Waals surface area contributed by atoms with Gasteiger partial charge in [0.25, 0.3) is 10.1 Å². The normalized spacial score (nSPS) is 11.9. The number of hydrogen-bond acceptors (Lipinski definition) is 2. The molecule has 3 nitrogen and oxygen atoms in total. The molecule has 34 heavy (non-hydrogen) atoms. The Balaban J connectivity index is 1.75. The third-order valence-electron chi connectivity index (χ3n) is 6.39. The lowest BCUT2D eigenvalue weighted by molar-refractivity contribution is 0.483. The molecule has 0 unspecified atom stereocenters. The highest BCUT2D eigenvalue weighted by molar-refractivity contribution is 7.85. The van der Waals surface area contributed by atoms with Crippen molar-refractivity contribution < 1.29 is 13.0 Å². The van der Waals surface area contributed by atoms with Crippen LogP contribution in [0, 0.1) is 0 Å². The predicted molar refractivity (Wildman–Crippen MR) is 140 cm³/mol. The van der Waals surface area contributed by atoms with Gasteiger partial charge >= 0.3 is 0 Å². The number of hydrogen-bond donors (Lipinski definition) is 1. The lowest BCUT2D eigenvalue weighted by Crippen LogP contribution is -1.98. The lowest BCUT2D eigenvalue weighted by Gasteiger charge is -2.18. The Morgan fingerprint density at radius 3 is 1.53 bits per heavy atom. The monoisotopic (exact) mass is 460 g/mol. The van der Waals surface area contributed by atoms with Gasteiger partial charge in [-0.1, -0.05) is 97.1 Å². The third kappa shape index (κ3) is 3.36. The average molecular weight is 461 g/mol. The third-order valence-corrected chi connectivity index (χ3v) is 7.24. The maximum absolute atomic E-state index is 11.8. The maximum atomic E-state index is 11.8. The van der Waals surface area contributed by atoms with E-state index in [-0.39, 0.29) is 4.90 Å². The lowest BCUT2D eigenvalue weighted by atomic mass is 9.85. The Labute approximate surface area is 197 Å². The Hall–Kier alpha value is -3.99. The van der Waals surface area contributed by atoms with Crippen molar-refractivity contribution in [3.05, 3.63) is 115 Å². The summed E-state index contributed by atoms with van der Waals surface area (Å²) >= 11 is 0. The second-order valence-electron chi connectivity index (χ2n) is 8.41. The molecule has 1 N–H and O–H groups in total. The number of benzene rings is 6. The molecule has 0 radical (unpaired) electrons. The van der Waals surface area contributed by atoms with E-state index in [1.807, 2.05) is 42.5 Å². The zero-order chi connectivity index (χ0) is 23.3. The molecule has 0 amide bonds. The molecule has 0 aliphatic carbocycles. The quantitative estimate of drug-likeness (QED) is 0.217. The highest BCUT2D eigenvalue weighted by Crippen LogP contribution is 2.44. The average Bonchev–Trinajstić information content (AvgIpc) is 2.86. The fourth-order valence-electron chi connectivity index (χ4n) is 4.91. The van der Waals surface area contributed by atoms with E-state index in [1.54, 1.807) is 12.1 Å². The summed E-state index contributed by atoms with van der Waals surface area (Å²) in [6.07, 6.45) is 0. The summed E-state index contributed by atoms with van der Waals surface area (Å²) in [6.45, 7) is 0. The first-order valence-electron chi connectivity index (χ1n) is 11.0. The fourth-order valence-corrected chi connectivity index (χ4v) is 5.43. The van der Waals surface area contributed by atoms with Crippen molar-refractivity contribution in [1.29, 1.82) is 0 Å². The largest absolute Gasteiger partial charge is 0.294 e. The highest BCUT2D eigenvalue weighted by atomic mass is 32.2. The van der Waals surface area contributed by atoms with E-state index in [9.17, 15) is 13.0 Å². The molecule has 0 saturated carbocycles. The van der Waals surface area contributed by atoms with E-state index >= 15 is 0 Å². The first kappa shape index (κ1) is 20.6. The smallest absolute Gasteiger partial charge is 0.282 e. The number of fused-ring (bicyclic) bond motifs is 3. The van der Waals surface area contributed by atoms with E-state index in [2.05, 4.69) is 54.6 Å². The summed E-state index contributed by atoms with van der Waals surface area (Å²) in [7, 11) is -4.31. The molecule has 0 saturated heterocycles. The van der Waals surface area contributed by atoms with E-state index in [0.717, 1.165) is 43.8 Å².